The highest BCUT2D eigenvalue weighted by Gasteiger charge is 2.64. The van der Waals surface area contributed by atoms with Crippen LogP contribution in [0.1, 0.15) is 59.7 Å². The third-order valence-electron chi connectivity index (χ3n) is 8.58. The number of ketones is 1. The van der Waals surface area contributed by atoms with E-state index in [2.05, 4.69) is 27.3 Å². The third kappa shape index (κ3) is 4.90. The molecule has 3 atom stereocenters. The number of nitrogens with one attached hydrogen (secondary N) is 1. The molecule has 1 saturated carbocycles. The first kappa shape index (κ1) is 26.8. The maximum absolute atomic E-state index is 13.9. The number of aromatic nitrogens is 4. The first-order valence-electron chi connectivity index (χ1n) is 14.0. The maximum Gasteiger partial charge on any atom is 0.245 e. The second-order valence-corrected chi connectivity index (χ2v) is 11.9. The fourth-order valence-corrected chi connectivity index (χ4v) is 6.19. The van der Waals surface area contributed by atoms with Crippen LogP contribution in [0.3, 0.4) is 0 Å². The molecule has 2 fully saturated rings. The number of carbonyl (C=O) groups excluding carboxylic acids is 3. The van der Waals surface area contributed by atoms with E-state index in [4.69, 9.17) is 0 Å². The Balaban J connectivity index is 1.27. The Morgan fingerprint density at radius 1 is 1.00 bits per heavy atom. The van der Waals surface area contributed by atoms with Crippen molar-refractivity contribution in [2.75, 3.05) is 0 Å². The van der Waals surface area contributed by atoms with Crippen molar-refractivity contribution in [3.05, 3.63) is 77.0 Å². The fraction of sp³-hybridized carbons (Fsp3) is 0.375. The summed E-state index contributed by atoms with van der Waals surface area (Å²) >= 11 is 0. The lowest BCUT2D eigenvalue weighted by atomic mass is 10.0. The molecule has 2 aliphatic rings. The van der Waals surface area contributed by atoms with Crippen molar-refractivity contribution in [3.63, 3.8) is 0 Å². The molecule has 1 N–H and O–H groups in total. The van der Waals surface area contributed by atoms with Crippen molar-refractivity contribution in [3.8, 4) is 11.1 Å². The van der Waals surface area contributed by atoms with Crippen molar-refractivity contribution in [1.82, 2.24) is 30.0 Å². The molecule has 3 heterocycles. The van der Waals surface area contributed by atoms with Gasteiger partial charge in [0.2, 0.25) is 11.8 Å². The van der Waals surface area contributed by atoms with Gasteiger partial charge in [0.05, 0.1) is 5.52 Å². The Hall–Kier alpha value is -4.40. The normalized spacial score (nSPS) is 21.1. The Bertz CT molecular complexity index is 1690. The summed E-state index contributed by atoms with van der Waals surface area (Å²) in [5.74, 6) is 0.199. The average molecular weight is 551 g/mol. The third-order valence-corrected chi connectivity index (χ3v) is 8.58. The number of Topliss-reactive ketones (excluding diaryl/α,β-unsaturated/α-hetero) is 1. The molecular formula is C32H34N6O3. The van der Waals surface area contributed by atoms with E-state index < -0.39 is 6.04 Å². The van der Waals surface area contributed by atoms with Crippen molar-refractivity contribution >= 4 is 28.5 Å². The molecule has 1 unspecified atom stereocenters. The molecule has 2 amide bonds. The largest absolute Gasteiger partial charge is 0.350 e. The molecule has 2 aromatic heterocycles. The first-order valence-corrected chi connectivity index (χ1v) is 14.0. The second kappa shape index (κ2) is 9.90. The first-order chi connectivity index (χ1) is 19.5. The molecule has 210 valence electrons. The van der Waals surface area contributed by atoms with Gasteiger partial charge in [-0.25, -0.2) is 9.97 Å². The predicted molar refractivity (Wildman–Crippen MR) is 155 cm³/mol. The van der Waals surface area contributed by atoms with Crippen molar-refractivity contribution in [2.45, 2.75) is 72.6 Å². The molecule has 6 rings (SSSR count). The number of aryl methyl sites for hydroxylation is 3. The number of piperidine rings is 1. The van der Waals surface area contributed by atoms with Crippen molar-refractivity contribution in [2.24, 2.45) is 5.41 Å². The summed E-state index contributed by atoms with van der Waals surface area (Å²) in [6.07, 6.45) is 5.05. The van der Waals surface area contributed by atoms with E-state index in [9.17, 15) is 14.4 Å². The van der Waals surface area contributed by atoms with Gasteiger partial charge < -0.3 is 10.2 Å². The number of rotatable bonds is 7. The Kier molecular flexibility index (Phi) is 6.47. The minimum Gasteiger partial charge on any atom is -0.350 e. The Morgan fingerprint density at radius 3 is 2.39 bits per heavy atom. The van der Waals surface area contributed by atoms with Crippen LogP contribution in [0.4, 0.5) is 0 Å². The van der Waals surface area contributed by atoms with E-state index in [1.165, 1.54) is 6.92 Å². The number of nitrogens with zero attached hydrogens (tertiary/aromatic N) is 5. The minimum absolute atomic E-state index is 0.0356. The predicted octanol–water partition coefficient (Wildman–Crippen LogP) is 4.32. The van der Waals surface area contributed by atoms with Gasteiger partial charge in [0.1, 0.15) is 24.1 Å². The Labute approximate surface area is 239 Å². The van der Waals surface area contributed by atoms with Gasteiger partial charge in [-0.2, -0.15) is 5.10 Å². The minimum atomic E-state index is -0.528. The molecule has 0 bridgehead atoms. The van der Waals surface area contributed by atoms with E-state index in [0.717, 1.165) is 39.8 Å². The van der Waals surface area contributed by atoms with E-state index in [1.54, 1.807) is 22.0 Å². The van der Waals surface area contributed by atoms with Gasteiger partial charge in [0.15, 0.2) is 5.78 Å². The van der Waals surface area contributed by atoms with Crippen molar-refractivity contribution < 1.29 is 14.4 Å². The molecular weight excluding hydrogens is 516 g/mol. The zero-order valence-electron chi connectivity index (χ0n) is 24.1. The zero-order valence-corrected chi connectivity index (χ0v) is 24.1. The summed E-state index contributed by atoms with van der Waals surface area (Å²) < 4.78 is 1.62. The number of carbonyl (C=O) groups is 3. The van der Waals surface area contributed by atoms with Gasteiger partial charge >= 0.3 is 0 Å². The van der Waals surface area contributed by atoms with Gasteiger partial charge in [0.25, 0.3) is 0 Å². The number of benzene rings is 2. The number of amides is 2. The van der Waals surface area contributed by atoms with Crippen LogP contribution >= 0.6 is 0 Å². The van der Waals surface area contributed by atoms with E-state index in [0.29, 0.717) is 29.9 Å². The van der Waals surface area contributed by atoms with Crippen LogP contribution in [0.5, 0.6) is 0 Å². The molecule has 9 heteroatoms. The topological polar surface area (TPSA) is 110 Å². The zero-order chi connectivity index (χ0) is 29.1. The lowest BCUT2D eigenvalue weighted by Crippen LogP contribution is -2.48. The Morgan fingerprint density at radius 2 is 1.71 bits per heavy atom. The number of hydrogen-bond acceptors (Lipinski definition) is 6. The smallest absolute Gasteiger partial charge is 0.245 e. The molecule has 4 aromatic rings. The maximum atomic E-state index is 13.9. The van der Waals surface area contributed by atoms with E-state index in [-0.39, 0.29) is 35.6 Å². The molecule has 0 spiro atoms. The molecule has 1 aliphatic carbocycles. The highest BCUT2D eigenvalue weighted by atomic mass is 16.2. The van der Waals surface area contributed by atoms with Crippen LogP contribution < -0.4 is 5.32 Å². The highest BCUT2D eigenvalue weighted by molar-refractivity contribution is 6.07. The van der Waals surface area contributed by atoms with E-state index >= 15 is 0 Å². The standard InChI is InChI=1S/C32H34N6O3/c1-18-6-8-22(9-7-18)14-35-31(41)26-12-32(5)13-27(32)38(26)28(40)17-37-30-19(2)10-23(24-15-33-21(4)34-16-24)11-25(30)29(36-37)20(3)39/h6-11,15-16,26-27H,12-14,17H2,1-5H3,(H,35,41)/t26-,27?,32-/m0/s1. The van der Waals surface area contributed by atoms with Crippen LogP contribution in [0, 0.1) is 26.2 Å². The lowest BCUT2D eigenvalue weighted by Gasteiger charge is -2.27. The molecule has 1 saturated heterocycles. The van der Waals surface area contributed by atoms with Crippen LogP contribution in [-0.2, 0) is 22.7 Å². The van der Waals surface area contributed by atoms with Crippen molar-refractivity contribution in [1.29, 1.82) is 0 Å². The van der Waals surface area contributed by atoms with Gasteiger partial charge in [-0.1, -0.05) is 36.8 Å². The fourth-order valence-electron chi connectivity index (χ4n) is 6.19. The van der Waals surface area contributed by atoms with Crippen LogP contribution in [-0.4, -0.2) is 54.3 Å². The molecule has 2 aromatic carbocycles. The summed E-state index contributed by atoms with van der Waals surface area (Å²) in [5, 5.41) is 8.33. The van der Waals surface area contributed by atoms with Gasteiger partial charge in [-0.15, -0.1) is 0 Å². The van der Waals surface area contributed by atoms with Crippen LogP contribution in [0.2, 0.25) is 0 Å². The summed E-state index contributed by atoms with van der Waals surface area (Å²) in [4.78, 5) is 50.2. The second-order valence-electron chi connectivity index (χ2n) is 11.9. The highest BCUT2D eigenvalue weighted by Crippen LogP contribution is 2.59. The summed E-state index contributed by atoms with van der Waals surface area (Å²) in [7, 11) is 0. The lowest BCUT2D eigenvalue weighted by molar-refractivity contribution is -0.140. The summed E-state index contributed by atoms with van der Waals surface area (Å²) in [6.45, 7) is 9.79. The van der Waals surface area contributed by atoms with Gasteiger partial charge in [0, 0.05) is 42.9 Å². The van der Waals surface area contributed by atoms with Gasteiger partial charge in [-0.05, 0) is 67.9 Å². The number of likely N-dealkylation sites (tertiary alicyclic amines) is 1. The summed E-state index contributed by atoms with van der Waals surface area (Å²) in [6, 6.07) is 11.5. The monoisotopic (exact) mass is 550 g/mol. The molecule has 9 nitrogen and oxygen atoms in total. The van der Waals surface area contributed by atoms with Crippen LogP contribution in [0.25, 0.3) is 22.0 Å². The molecule has 41 heavy (non-hydrogen) atoms. The summed E-state index contributed by atoms with van der Waals surface area (Å²) in [5.41, 5.74) is 5.79. The SMILES string of the molecule is CC(=O)c1nn(CC(=O)N2C3C[C@]3(C)C[C@H]2C(=O)NCc2ccc(C)cc2)c2c(C)cc(-c3cnc(C)nc3)cc12. The number of fused-ring (bicyclic) bond motifs is 2. The van der Waals surface area contributed by atoms with Gasteiger partial charge in [-0.3, -0.25) is 19.1 Å². The van der Waals surface area contributed by atoms with E-state index in [1.807, 2.05) is 57.2 Å². The number of hydrogen-bond donors (Lipinski definition) is 1. The molecule has 0 radical (unpaired) electrons. The molecule has 1 aliphatic heterocycles. The average Bonchev–Trinajstić information content (AvgIpc) is 3.29. The quantitative estimate of drug-likeness (QED) is 0.343. The van der Waals surface area contributed by atoms with Crippen LogP contribution in [0.15, 0.2) is 48.8 Å².